The summed E-state index contributed by atoms with van der Waals surface area (Å²) in [6.07, 6.45) is 0. The van der Waals surface area contributed by atoms with Gasteiger partial charge in [0, 0.05) is 33.2 Å². The number of para-hydroxylation sites is 2. The smallest absolute Gasteiger partial charge is 0.164 e. The van der Waals surface area contributed by atoms with Gasteiger partial charge in [-0.05, 0) is 87.0 Å². The molecule has 10 rings (SSSR count). The van der Waals surface area contributed by atoms with Gasteiger partial charge in [-0.3, -0.25) is 0 Å². The molecular formula is C51H40N4. The van der Waals surface area contributed by atoms with Gasteiger partial charge in [-0.2, -0.15) is 0 Å². The van der Waals surface area contributed by atoms with Crippen LogP contribution in [-0.2, 0) is 10.8 Å². The molecule has 0 unspecified atom stereocenters. The van der Waals surface area contributed by atoms with E-state index < -0.39 is 0 Å². The molecule has 0 bridgehead atoms. The summed E-state index contributed by atoms with van der Waals surface area (Å²) in [6.45, 7) is 9.37. The molecule has 55 heavy (non-hydrogen) atoms. The average molecular weight is 709 g/mol. The molecular weight excluding hydrogens is 669 g/mol. The van der Waals surface area contributed by atoms with Gasteiger partial charge in [0.1, 0.15) is 0 Å². The van der Waals surface area contributed by atoms with Crippen molar-refractivity contribution in [3.63, 3.8) is 0 Å². The summed E-state index contributed by atoms with van der Waals surface area (Å²) in [4.78, 5) is 17.4. The molecule has 1 aromatic heterocycles. The topological polar surface area (TPSA) is 41.9 Å². The maximum Gasteiger partial charge on any atom is 0.164 e. The molecule has 0 fully saturated rings. The third kappa shape index (κ3) is 5.32. The van der Waals surface area contributed by atoms with Gasteiger partial charge in [0.2, 0.25) is 0 Å². The molecule has 0 radical (unpaired) electrons. The fraction of sp³-hybridized carbons (Fsp3) is 0.118. The minimum absolute atomic E-state index is 0.150. The molecule has 0 spiro atoms. The predicted molar refractivity (Wildman–Crippen MR) is 226 cm³/mol. The standard InChI is InChI=1S/C51H40N4/c1-50(2)41-27-24-35(36-26-29-46-44(32-36)51(3,4)43-22-14-15-23-45(43)55(46)38-20-12-7-13-21-38)30-39(41)40-31-37(25-28-42(40)50)49-53-47(33-16-8-5-9-17-33)52-48(54-49)34-18-10-6-11-19-34/h5-32H,1-4H3. The van der Waals surface area contributed by atoms with Gasteiger partial charge in [-0.1, -0.05) is 155 Å². The van der Waals surface area contributed by atoms with E-state index in [-0.39, 0.29) is 10.8 Å². The molecule has 0 saturated heterocycles. The summed E-state index contributed by atoms with van der Waals surface area (Å²) in [5.41, 5.74) is 16.4. The fourth-order valence-corrected chi connectivity index (χ4v) is 8.76. The quantitative estimate of drug-likeness (QED) is 0.178. The van der Waals surface area contributed by atoms with Crippen LogP contribution in [-0.4, -0.2) is 15.0 Å². The summed E-state index contributed by atoms with van der Waals surface area (Å²) in [6, 6.07) is 60.7. The van der Waals surface area contributed by atoms with E-state index in [1.54, 1.807) is 0 Å². The number of aromatic nitrogens is 3. The second-order valence-corrected chi connectivity index (χ2v) is 15.7. The zero-order chi connectivity index (χ0) is 37.3. The molecule has 0 N–H and O–H groups in total. The lowest BCUT2D eigenvalue weighted by atomic mass is 9.73. The van der Waals surface area contributed by atoms with Gasteiger partial charge in [0.15, 0.2) is 17.5 Å². The van der Waals surface area contributed by atoms with E-state index in [1.165, 1.54) is 55.9 Å². The number of benzene rings is 7. The zero-order valence-electron chi connectivity index (χ0n) is 31.5. The first-order valence-electron chi connectivity index (χ1n) is 19.0. The lowest BCUT2D eigenvalue weighted by molar-refractivity contribution is 0.632. The van der Waals surface area contributed by atoms with E-state index in [2.05, 4.69) is 166 Å². The third-order valence-electron chi connectivity index (χ3n) is 11.7. The van der Waals surface area contributed by atoms with Crippen molar-refractivity contribution in [1.82, 2.24) is 15.0 Å². The Bertz CT molecular complexity index is 2690. The Hall–Kier alpha value is -6.65. The molecule has 4 nitrogen and oxygen atoms in total. The number of rotatable bonds is 5. The summed E-state index contributed by atoms with van der Waals surface area (Å²) < 4.78 is 0. The van der Waals surface area contributed by atoms with Crippen molar-refractivity contribution in [2.45, 2.75) is 38.5 Å². The summed E-state index contributed by atoms with van der Waals surface area (Å²) in [5.74, 6) is 1.99. The first-order valence-corrected chi connectivity index (χ1v) is 19.0. The van der Waals surface area contributed by atoms with Crippen molar-refractivity contribution in [2.75, 3.05) is 4.90 Å². The van der Waals surface area contributed by atoms with Crippen LogP contribution < -0.4 is 4.90 Å². The van der Waals surface area contributed by atoms with E-state index in [1.807, 2.05) is 36.4 Å². The first kappa shape index (κ1) is 33.0. The summed E-state index contributed by atoms with van der Waals surface area (Å²) in [7, 11) is 0. The maximum atomic E-state index is 5.05. The van der Waals surface area contributed by atoms with Gasteiger partial charge < -0.3 is 4.90 Å². The van der Waals surface area contributed by atoms with Crippen molar-refractivity contribution in [3.8, 4) is 56.4 Å². The zero-order valence-corrected chi connectivity index (χ0v) is 31.5. The first-order chi connectivity index (χ1) is 26.8. The van der Waals surface area contributed by atoms with Crippen molar-refractivity contribution in [3.05, 3.63) is 192 Å². The monoisotopic (exact) mass is 708 g/mol. The lowest BCUT2D eigenvalue weighted by Gasteiger charge is -2.42. The van der Waals surface area contributed by atoms with Crippen LogP contribution in [0.4, 0.5) is 17.1 Å². The molecule has 8 aromatic rings. The molecule has 7 aromatic carbocycles. The number of hydrogen-bond acceptors (Lipinski definition) is 4. The Morgan fingerprint density at radius 3 is 1.40 bits per heavy atom. The highest BCUT2D eigenvalue weighted by molar-refractivity contribution is 5.90. The maximum absolute atomic E-state index is 5.05. The van der Waals surface area contributed by atoms with Crippen LogP contribution in [0.2, 0.25) is 0 Å². The summed E-state index contributed by atoms with van der Waals surface area (Å²) in [5, 5.41) is 0. The molecule has 2 heterocycles. The molecule has 0 saturated carbocycles. The van der Waals surface area contributed by atoms with E-state index in [4.69, 9.17) is 15.0 Å². The minimum atomic E-state index is -0.185. The van der Waals surface area contributed by atoms with Crippen LogP contribution in [0.1, 0.15) is 49.9 Å². The highest BCUT2D eigenvalue weighted by Gasteiger charge is 2.38. The molecule has 264 valence electrons. The SMILES string of the molecule is CC1(C)c2ccc(-c3ccc4c(c3)C(C)(C)c3ccccc3N4c3ccccc3)cc2-c2cc(-c3nc(-c4ccccc4)nc(-c4ccccc4)n3)ccc21. The van der Waals surface area contributed by atoms with Crippen LogP contribution in [0.25, 0.3) is 56.4 Å². The predicted octanol–water partition coefficient (Wildman–Crippen LogP) is 13.0. The van der Waals surface area contributed by atoms with Crippen molar-refractivity contribution >= 4 is 17.1 Å². The highest BCUT2D eigenvalue weighted by Crippen LogP contribution is 2.54. The van der Waals surface area contributed by atoms with Crippen LogP contribution in [0.5, 0.6) is 0 Å². The Morgan fingerprint density at radius 1 is 0.345 bits per heavy atom. The normalized spacial score (nSPS) is 14.4. The number of anilines is 3. The van der Waals surface area contributed by atoms with E-state index in [0.717, 1.165) is 22.4 Å². The lowest BCUT2D eigenvalue weighted by Crippen LogP contribution is -2.30. The third-order valence-corrected chi connectivity index (χ3v) is 11.7. The average Bonchev–Trinajstić information content (AvgIpc) is 3.46. The molecule has 1 aliphatic carbocycles. The van der Waals surface area contributed by atoms with Crippen molar-refractivity contribution in [1.29, 1.82) is 0 Å². The molecule has 0 amide bonds. The number of nitrogens with zero attached hydrogens (tertiary/aromatic N) is 4. The van der Waals surface area contributed by atoms with Gasteiger partial charge in [-0.15, -0.1) is 0 Å². The van der Waals surface area contributed by atoms with Crippen molar-refractivity contribution < 1.29 is 0 Å². The van der Waals surface area contributed by atoms with E-state index in [0.29, 0.717) is 17.5 Å². The van der Waals surface area contributed by atoms with Gasteiger partial charge >= 0.3 is 0 Å². The molecule has 0 atom stereocenters. The largest absolute Gasteiger partial charge is 0.310 e. The summed E-state index contributed by atoms with van der Waals surface area (Å²) >= 11 is 0. The van der Waals surface area contributed by atoms with Gasteiger partial charge in [0.25, 0.3) is 0 Å². The van der Waals surface area contributed by atoms with Gasteiger partial charge in [-0.25, -0.2) is 15.0 Å². The Labute approximate surface area is 322 Å². The fourth-order valence-electron chi connectivity index (χ4n) is 8.76. The van der Waals surface area contributed by atoms with Crippen LogP contribution in [0, 0.1) is 0 Å². The van der Waals surface area contributed by atoms with Crippen LogP contribution in [0.3, 0.4) is 0 Å². The number of hydrogen-bond donors (Lipinski definition) is 0. The molecule has 2 aliphatic rings. The van der Waals surface area contributed by atoms with E-state index in [9.17, 15) is 0 Å². The molecule has 1 aliphatic heterocycles. The highest BCUT2D eigenvalue weighted by atomic mass is 15.2. The Morgan fingerprint density at radius 2 is 0.782 bits per heavy atom. The van der Waals surface area contributed by atoms with Crippen LogP contribution in [0.15, 0.2) is 170 Å². The Balaban J connectivity index is 1.09. The van der Waals surface area contributed by atoms with Crippen LogP contribution >= 0.6 is 0 Å². The van der Waals surface area contributed by atoms with Crippen molar-refractivity contribution in [2.24, 2.45) is 0 Å². The minimum Gasteiger partial charge on any atom is -0.310 e. The second-order valence-electron chi connectivity index (χ2n) is 15.7. The van der Waals surface area contributed by atoms with Gasteiger partial charge in [0.05, 0.1) is 11.4 Å². The van der Waals surface area contributed by atoms with E-state index >= 15 is 0 Å². The number of fused-ring (bicyclic) bond motifs is 5. The Kier molecular flexibility index (Phi) is 7.47. The second kappa shape index (κ2) is 12.5. The molecule has 4 heteroatoms.